The molecule has 2 aromatic rings. The molecule has 9 heteroatoms. The van der Waals surface area contributed by atoms with Gasteiger partial charge in [-0.3, -0.25) is 9.78 Å². The Labute approximate surface area is 144 Å². The number of halogens is 1. The van der Waals surface area contributed by atoms with Gasteiger partial charge in [-0.25, -0.2) is 17.9 Å². The smallest absolute Gasteiger partial charge is 0.254 e. The summed E-state index contributed by atoms with van der Waals surface area (Å²) >= 11 is 0. The lowest BCUT2D eigenvalue weighted by molar-refractivity contribution is 0.0633. The Bertz CT molecular complexity index is 890. The van der Waals surface area contributed by atoms with Crippen LogP contribution in [0.3, 0.4) is 0 Å². The van der Waals surface area contributed by atoms with Crippen molar-refractivity contribution in [2.75, 3.05) is 19.6 Å². The van der Waals surface area contributed by atoms with Crippen molar-refractivity contribution in [2.24, 2.45) is 5.14 Å². The van der Waals surface area contributed by atoms with Crippen LogP contribution in [0, 0.1) is 5.82 Å². The molecular formula is C16H17FN4O3S. The molecule has 0 bridgehead atoms. The molecule has 3 N–H and O–H groups in total. The van der Waals surface area contributed by atoms with Gasteiger partial charge in [-0.1, -0.05) is 6.07 Å². The van der Waals surface area contributed by atoms with Gasteiger partial charge < -0.3 is 10.2 Å². The Balaban J connectivity index is 1.92. The molecule has 1 atom stereocenters. The van der Waals surface area contributed by atoms with E-state index in [0.29, 0.717) is 19.6 Å². The van der Waals surface area contributed by atoms with Crippen LogP contribution in [0.15, 0.2) is 47.6 Å². The van der Waals surface area contributed by atoms with E-state index in [-0.39, 0.29) is 17.5 Å². The number of aromatic nitrogens is 1. The van der Waals surface area contributed by atoms with E-state index in [4.69, 9.17) is 5.14 Å². The molecule has 1 aromatic carbocycles. The molecule has 3 rings (SSSR count). The summed E-state index contributed by atoms with van der Waals surface area (Å²) in [5.41, 5.74) is 0.936. The molecular weight excluding hydrogens is 347 g/mol. The van der Waals surface area contributed by atoms with E-state index in [1.54, 1.807) is 23.4 Å². The number of rotatable bonds is 3. The molecule has 1 aliphatic rings. The van der Waals surface area contributed by atoms with Gasteiger partial charge in [0.1, 0.15) is 10.7 Å². The molecule has 1 saturated heterocycles. The van der Waals surface area contributed by atoms with E-state index in [9.17, 15) is 17.6 Å². The molecule has 1 fully saturated rings. The van der Waals surface area contributed by atoms with E-state index in [1.165, 1.54) is 6.07 Å². The molecule has 0 aliphatic carbocycles. The number of piperazine rings is 1. The van der Waals surface area contributed by atoms with Gasteiger partial charge in [0.05, 0.1) is 6.04 Å². The van der Waals surface area contributed by atoms with Gasteiger partial charge in [-0.2, -0.15) is 0 Å². The minimum absolute atomic E-state index is 0.0701. The molecule has 25 heavy (non-hydrogen) atoms. The van der Waals surface area contributed by atoms with Crippen LogP contribution in [-0.4, -0.2) is 43.8 Å². The number of pyridine rings is 1. The predicted molar refractivity (Wildman–Crippen MR) is 88.7 cm³/mol. The fourth-order valence-corrected chi connectivity index (χ4v) is 3.44. The number of carbonyl (C=O) groups is 1. The van der Waals surface area contributed by atoms with Crippen LogP contribution in [0.5, 0.6) is 0 Å². The third kappa shape index (κ3) is 3.68. The zero-order valence-electron chi connectivity index (χ0n) is 13.2. The molecule has 1 unspecified atom stereocenters. The van der Waals surface area contributed by atoms with E-state index >= 15 is 0 Å². The highest BCUT2D eigenvalue weighted by Crippen LogP contribution is 2.24. The molecule has 1 aliphatic heterocycles. The normalized spacial score (nSPS) is 18.2. The summed E-state index contributed by atoms with van der Waals surface area (Å²) in [5.74, 6) is -1.42. The number of nitrogens with one attached hydrogen (secondary N) is 1. The maximum atomic E-state index is 14.0. The van der Waals surface area contributed by atoms with Gasteiger partial charge in [0.15, 0.2) is 0 Å². The lowest BCUT2D eigenvalue weighted by atomic mass is 10.0. The number of carbonyl (C=O) groups excluding carboxylic acids is 1. The molecule has 0 radical (unpaired) electrons. The monoisotopic (exact) mass is 364 g/mol. The van der Waals surface area contributed by atoms with Crippen molar-refractivity contribution >= 4 is 15.9 Å². The second kappa shape index (κ2) is 6.87. The van der Waals surface area contributed by atoms with E-state index in [2.05, 4.69) is 10.3 Å². The van der Waals surface area contributed by atoms with Crippen molar-refractivity contribution < 1.29 is 17.6 Å². The quantitative estimate of drug-likeness (QED) is 0.832. The highest BCUT2D eigenvalue weighted by Gasteiger charge is 2.29. The topological polar surface area (TPSA) is 105 Å². The van der Waals surface area contributed by atoms with Crippen molar-refractivity contribution in [3.05, 3.63) is 59.7 Å². The molecule has 1 aromatic heterocycles. The highest BCUT2D eigenvalue weighted by molar-refractivity contribution is 7.89. The maximum Gasteiger partial charge on any atom is 0.254 e. The van der Waals surface area contributed by atoms with Gasteiger partial charge in [-0.15, -0.1) is 0 Å². The summed E-state index contributed by atoms with van der Waals surface area (Å²) in [6, 6.07) is 6.61. The molecule has 132 valence electrons. The predicted octanol–water partition coefficient (Wildman–Crippen LogP) is 0.655. The summed E-state index contributed by atoms with van der Waals surface area (Å²) < 4.78 is 36.6. The van der Waals surface area contributed by atoms with Gasteiger partial charge in [0.25, 0.3) is 5.91 Å². The van der Waals surface area contributed by atoms with Crippen molar-refractivity contribution in [3.8, 4) is 0 Å². The number of hydrogen-bond donors (Lipinski definition) is 2. The number of benzene rings is 1. The first-order chi connectivity index (χ1) is 11.9. The zero-order chi connectivity index (χ0) is 18.0. The fraction of sp³-hybridized carbons (Fsp3) is 0.250. The Kier molecular flexibility index (Phi) is 4.80. The lowest BCUT2D eigenvalue weighted by Crippen LogP contribution is -2.48. The van der Waals surface area contributed by atoms with Crippen molar-refractivity contribution in [1.29, 1.82) is 0 Å². The Morgan fingerprint density at radius 1 is 1.36 bits per heavy atom. The minimum atomic E-state index is -4.17. The van der Waals surface area contributed by atoms with Crippen LogP contribution >= 0.6 is 0 Å². The van der Waals surface area contributed by atoms with Gasteiger partial charge in [0, 0.05) is 37.6 Å². The average molecular weight is 364 g/mol. The number of hydrogen-bond acceptors (Lipinski definition) is 5. The molecule has 0 spiro atoms. The number of nitrogens with two attached hydrogens (primary N) is 1. The third-order valence-electron chi connectivity index (χ3n) is 4.06. The minimum Gasteiger partial charge on any atom is -0.329 e. The van der Waals surface area contributed by atoms with E-state index in [0.717, 1.165) is 17.7 Å². The highest BCUT2D eigenvalue weighted by atomic mass is 32.2. The van der Waals surface area contributed by atoms with Gasteiger partial charge >= 0.3 is 0 Å². The Morgan fingerprint density at radius 3 is 2.80 bits per heavy atom. The summed E-state index contributed by atoms with van der Waals surface area (Å²) in [6.07, 6.45) is 3.33. The third-order valence-corrected chi connectivity index (χ3v) is 5.00. The largest absolute Gasteiger partial charge is 0.329 e. The summed E-state index contributed by atoms with van der Waals surface area (Å²) in [5, 5.41) is 8.16. The van der Waals surface area contributed by atoms with Crippen molar-refractivity contribution in [3.63, 3.8) is 0 Å². The van der Waals surface area contributed by atoms with E-state index < -0.39 is 20.7 Å². The van der Waals surface area contributed by atoms with Crippen molar-refractivity contribution in [2.45, 2.75) is 10.9 Å². The first kappa shape index (κ1) is 17.5. The first-order valence-corrected chi connectivity index (χ1v) is 9.16. The summed E-state index contributed by atoms with van der Waals surface area (Å²) in [4.78, 5) is 17.9. The maximum absolute atomic E-state index is 14.0. The number of amides is 1. The van der Waals surface area contributed by atoms with Crippen LogP contribution in [0.4, 0.5) is 4.39 Å². The lowest BCUT2D eigenvalue weighted by Gasteiger charge is -2.36. The van der Waals surface area contributed by atoms with E-state index in [1.807, 2.05) is 6.07 Å². The van der Waals surface area contributed by atoms with Crippen LogP contribution in [0.1, 0.15) is 22.0 Å². The van der Waals surface area contributed by atoms with Crippen LogP contribution < -0.4 is 10.5 Å². The molecule has 1 amide bonds. The molecule has 0 saturated carbocycles. The summed E-state index contributed by atoms with van der Waals surface area (Å²) in [7, 11) is -4.17. The number of sulfonamides is 1. The fourth-order valence-electron chi connectivity index (χ4n) is 2.85. The van der Waals surface area contributed by atoms with Gasteiger partial charge in [0.2, 0.25) is 10.0 Å². The summed E-state index contributed by atoms with van der Waals surface area (Å²) in [6.45, 7) is 1.60. The molecule has 7 nitrogen and oxygen atoms in total. The van der Waals surface area contributed by atoms with Crippen LogP contribution in [0.2, 0.25) is 0 Å². The SMILES string of the molecule is NS(=O)(=O)c1ccc(C(=O)N2CCNCC2c2cccnc2)cc1F. The number of primary sulfonamides is 1. The second-order valence-electron chi connectivity index (χ2n) is 5.70. The standard InChI is InChI=1S/C16H17FN4O3S/c17-13-8-11(3-4-15(13)25(18,23)24)16(22)21-7-6-20-10-14(21)12-2-1-5-19-9-12/h1-5,8-9,14,20H,6-7,10H2,(H2,18,23,24). The van der Waals surface area contributed by atoms with Crippen LogP contribution in [-0.2, 0) is 10.0 Å². The van der Waals surface area contributed by atoms with Crippen LogP contribution in [0.25, 0.3) is 0 Å². The average Bonchev–Trinajstić information content (AvgIpc) is 2.60. The first-order valence-electron chi connectivity index (χ1n) is 7.62. The zero-order valence-corrected chi connectivity index (χ0v) is 14.0. The Hall–Kier alpha value is -2.36. The molecule has 2 heterocycles. The Morgan fingerprint density at radius 2 is 2.16 bits per heavy atom. The van der Waals surface area contributed by atoms with Gasteiger partial charge in [-0.05, 0) is 29.8 Å². The second-order valence-corrected chi connectivity index (χ2v) is 7.22. The number of nitrogens with zero attached hydrogens (tertiary/aromatic N) is 2. The van der Waals surface area contributed by atoms with Crippen molar-refractivity contribution in [1.82, 2.24) is 15.2 Å².